The van der Waals surface area contributed by atoms with Crippen LogP contribution in [0.25, 0.3) is 0 Å². The summed E-state index contributed by atoms with van der Waals surface area (Å²) in [4.78, 5) is 11.2. The maximum Gasteiger partial charge on any atom is 0.135 e. The van der Waals surface area contributed by atoms with Crippen LogP contribution >= 0.6 is 0 Å². The second-order valence-electron chi connectivity index (χ2n) is 3.56. The Morgan fingerprint density at radius 2 is 2.42 bits per heavy atom. The Hall–Kier alpha value is -0.590. The third-order valence-corrected chi connectivity index (χ3v) is 2.59. The van der Waals surface area contributed by atoms with Gasteiger partial charge in [0.2, 0.25) is 0 Å². The molecule has 1 saturated carbocycles. The Bertz CT molecular complexity index is 170. The molecule has 1 heteroatoms. The minimum Gasteiger partial charge on any atom is -0.299 e. The van der Waals surface area contributed by atoms with Crippen molar-refractivity contribution >= 4 is 5.78 Å². The number of ketones is 1. The van der Waals surface area contributed by atoms with Crippen molar-refractivity contribution < 1.29 is 4.79 Å². The average molecular weight is 166 g/mol. The predicted octanol–water partition coefficient (Wildman–Crippen LogP) is 3.10. The van der Waals surface area contributed by atoms with E-state index in [0.717, 1.165) is 32.1 Å². The molecule has 1 aliphatic rings. The summed E-state index contributed by atoms with van der Waals surface area (Å²) in [7, 11) is 0. The normalized spacial score (nSPS) is 24.1. The third kappa shape index (κ3) is 2.80. The van der Waals surface area contributed by atoms with E-state index in [0.29, 0.717) is 11.7 Å². The van der Waals surface area contributed by atoms with E-state index in [4.69, 9.17) is 0 Å². The highest BCUT2D eigenvalue weighted by atomic mass is 16.1. The molecule has 0 heterocycles. The van der Waals surface area contributed by atoms with Crippen LogP contribution in [0, 0.1) is 5.92 Å². The molecule has 0 aromatic rings. The Kier molecular flexibility index (Phi) is 4.06. The predicted molar refractivity (Wildman–Crippen MR) is 51.0 cm³/mol. The number of Topliss-reactive ketones (excluding diaryl/α,β-unsaturated/α-hetero) is 1. The Morgan fingerprint density at radius 1 is 1.58 bits per heavy atom. The van der Waals surface area contributed by atoms with Crippen LogP contribution in [0.5, 0.6) is 0 Å². The fourth-order valence-electron chi connectivity index (χ4n) is 1.84. The van der Waals surface area contributed by atoms with Crippen molar-refractivity contribution in [1.82, 2.24) is 0 Å². The van der Waals surface area contributed by atoms with Gasteiger partial charge < -0.3 is 0 Å². The number of allylic oxidation sites excluding steroid dienone is 2. The Labute approximate surface area is 74.9 Å². The van der Waals surface area contributed by atoms with E-state index >= 15 is 0 Å². The lowest BCUT2D eigenvalue weighted by molar-refractivity contribution is -0.120. The van der Waals surface area contributed by atoms with E-state index in [-0.39, 0.29) is 0 Å². The van der Waals surface area contributed by atoms with Crippen LogP contribution in [-0.4, -0.2) is 5.78 Å². The lowest BCUT2D eigenvalue weighted by Crippen LogP contribution is -2.05. The zero-order valence-corrected chi connectivity index (χ0v) is 7.88. The zero-order chi connectivity index (χ0) is 8.81. The first-order valence-corrected chi connectivity index (χ1v) is 4.98. The fraction of sp³-hybridized carbons (Fsp3) is 0.727. The van der Waals surface area contributed by atoms with Gasteiger partial charge in [0.05, 0.1) is 0 Å². The summed E-state index contributed by atoms with van der Waals surface area (Å²) in [5.41, 5.74) is 0. The van der Waals surface area contributed by atoms with Gasteiger partial charge in [-0.05, 0) is 39.0 Å². The van der Waals surface area contributed by atoms with E-state index in [2.05, 4.69) is 12.2 Å². The summed E-state index contributed by atoms with van der Waals surface area (Å²) in [6, 6.07) is 0. The van der Waals surface area contributed by atoms with E-state index < -0.39 is 0 Å². The maximum absolute atomic E-state index is 11.2. The molecule has 0 aromatic heterocycles. The van der Waals surface area contributed by atoms with Crippen LogP contribution in [0.15, 0.2) is 12.2 Å². The van der Waals surface area contributed by atoms with Gasteiger partial charge in [0.25, 0.3) is 0 Å². The van der Waals surface area contributed by atoms with Crippen molar-refractivity contribution in [2.24, 2.45) is 5.92 Å². The highest BCUT2D eigenvalue weighted by molar-refractivity contribution is 5.82. The van der Waals surface area contributed by atoms with Crippen molar-refractivity contribution in [1.29, 1.82) is 0 Å². The maximum atomic E-state index is 11.2. The van der Waals surface area contributed by atoms with Crippen LogP contribution in [-0.2, 0) is 4.79 Å². The second-order valence-corrected chi connectivity index (χ2v) is 3.56. The number of hydrogen-bond donors (Lipinski definition) is 0. The molecule has 0 N–H and O–H groups in total. The van der Waals surface area contributed by atoms with Crippen molar-refractivity contribution in [2.45, 2.75) is 45.4 Å². The van der Waals surface area contributed by atoms with E-state index in [1.165, 1.54) is 6.42 Å². The van der Waals surface area contributed by atoms with Gasteiger partial charge in [-0.2, -0.15) is 0 Å². The Balaban J connectivity index is 2.10. The van der Waals surface area contributed by atoms with Gasteiger partial charge in [0, 0.05) is 12.3 Å². The lowest BCUT2D eigenvalue weighted by atomic mass is 10.00. The molecule has 0 spiro atoms. The molecular formula is C11H18O. The molecule has 0 amide bonds. The summed E-state index contributed by atoms with van der Waals surface area (Å²) < 4.78 is 0. The van der Waals surface area contributed by atoms with Crippen LogP contribution in [0.4, 0.5) is 0 Å². The van der Waals surface area contributed by atoms with Crippen LogP contribution in [0.3, 0.4) is 0 Å². The van der Waals surface area contributed by atoms with Gasteiger partial charge in [-0.1, -0.05) is 12.2 Å². The monoisotopic (exact) mass is 166 g/mol. The van der Waals surface area contributed by atoms with Gasteiger partial charge in [-0.25, -0.2) is 0 Å². The van der Waals surface area contributed by atoms with E-state index in [1.807, 2.05) is 6.92 Å². The van der Waals surface area contributed by atoms with Crippen LogP contribution < -0.4 is 0 Å². The van der Waals surface area contributed by atoms with Crippen molar-refractivity contribution in [3.63, 3.8) is 0 Å². The Morgan fingerprint density at radius 3 is 3.00 bits per heavy atom. The molecule has 1 nitrogen and oxygen atoms in total. The quantitative estimate of drug-likeness (QED) is 0.463. The molecule has 1 aliphatic carbocycles. The number of carbonyl (C=O) groups excluding carboxylic acids is 1. The molecular weight excluding hydrogens is 148 g/mol. The van der Waals surface area contributed by atoms with Gasteiger partial charge in [-0.3, -0.25) is 4.79 Å². The van der Waals surface area contributed by atoms with Crippen molar-refractivity contribution in [3.8, 4) is 0 Å². The third-order valence-electron chi connectivity index (χ3n) is 2.59. The molecule has 1 fully saturated rings. The van der Waals surface area contributed by atoms with Crippen LogP contribution in [0.1, 0.15) is 45.4 Å². The zero-order valence-electron chi connectivity index (χ0n) is 7.88. The van der Waals surface area contributed by atoms with Gasteiger partial charge in [-0.15, -0.1) is 0 Å². The fourth-order valence-corrected chi connectivity index (χ4v) is 1.84. The largest absolute Gasteiger partial charge is 0.299 e. The molecule has 1 atom stereocenters. The second kappa shape index (κ2) is 5.13. The standard InChI is InChI=1S/C11H18O/c1-2-3-4-5-7-10-8-6-9-11(10)12/h2-3,10H,4-9H2,1H3/b3-2+/t10-/m0/s1. The molecule has 0 unspecified atom stereocenters. The van der Waals surface area contributed by atoms with Gasteiger partial charge in [0.1, 0.15) is 5.78 Å². The summed E-state index contributed by atoms with van der Waals surface area (Å²) >= 11 is 0. The smallest absolute Gasteiger partial charge is 0.135 e. The molecule has 0 saturated heterocycles. The van der Waals surface area contributed by atoms with Gasteiger partial charge in [0.15, 0.2) is 0 Å². The van der Waals surface area contributed by atoms with E-state index in [1.54, 1.807) is 0 Å². The first-order valence-electron chi connectivity index (χ1n) is 4.98. The highest BCUT2D eigenvalue weighted by Gasteiger charge is 2.22. The SMILES string of the molecule is C/C=C/CCC[C@H]1CCCC1=O. The van der Waals surface area contributed by atoms with E-state index in [9.17, 15) is 4.79 Å². The van der Waals surface area contributed by atoms with Crippen molar-refractivity contribution in [2.75, 3.05) is 0 Å². The molecule has 0 aliphatic heterocycles. The summed E-state index contributed by atoms with van der Waals surface area (Å²) in [6.07, 6.45) is 10.8. The number of hydrogen-bond acceptors (Lipinski definition) is 1. The highest BCUT2D eigenvalue weighted by Crippen LogP contribution is 2.25. The summed E-state index contributed by atoms with van der Waals surface area (Å²) in [6.45, 7) is 2.04. The molecule has 0 radical (unpaired) electrons. The lowest BCUT2D eigenvalue weighted by Gasteiger charge is -2.04. The molecule has 0 bridgehead atoms. The number of unbranched alkanes of at least 4 members (excludes halogenated alkanes) is 1. The topological polar surface area (TPSA) is 17.1 Å². The van der Waals surface area contributed by atoms with Crippen LogP contribution in [0.2, 0.25) is 0 Å². The van der Waals surface area contributed by atoms with Gasteiger partial charge >= 0.3 is 0 Å². The molecule has 68 valence electrons. The first kappa shape index (κ1) is 9.50. The molecule has 12 heavy (non-hydrogen) atoms. The molecule has 1 rings (SSSR count). The average Bonchev–Trinajstić information content (AvgIpc) is 2.46. The minimum absolute atomic E-state index is 0.412. The molecule has 0 aromatic carbocycles. The minimum atomic E-state index is 0.412. The van der Waals surface area contributed by atoms with Crippen molar-refractivity contribution in [3.05, 3.63) is 12.2 Å². The number of rotatable bonds is 4. The summed E-state index contributed by atoms with van der Waals surface area (Å²) in [5, 5.41) is 0. The number of carbonyl (C=O) groups is 1. The summed E-state index contributed by atoms with van der Waals surface area (Å²) in [5.74, 6) is 0.922. The first-order chi connectivity index (χ1) is 5.84.